The number of nitrogens with one attached hydrogen (secondary N) is 1. The summed E-state index contributed by atoms with van der Waals surface area (Å²) in [5.41, 5.74) is 31.2. The van der Waals surface area contributed by atoms with Gasteiger partial charge < -0.3 is 22.5 Å². The summed E-state index contributed by atoms with van der Waals surface area (Å²) < 4.78 is 2.31. The average molecular weight is 1320 g/mol. The van der Waals surface area contributed by atoms with Crippen molar-refractivity contribution in [2.24, 2.45) is 0 Å². The van der Waals surface area contributed by atoms with Crippen LogP contribution in [0, 0.1) is 7.43 Å². The molecule has 0 fully saturated rings. The number of para-hydroxylation sites is 6. The summed E-state index contributed by atoms with van der Waals surface area (Å²) in [6.45, 7) is 19.0. The third-order valence-electron chi connectivity index (χ3n) is 19.2. The molecule has 444 valence electrons. The Kier molecular flexibility index (Phi) is 17.3. The van der Waals surface area contributed by atoms with E-state index in [0.717, 1.165) is 43.1 Å². The Labute approximate surface area is 578 Å². The van der Waals surface area contributed by atoms with E-state index in [1.165, 1.54) is 100 Å². The standard InChI is InChI=1S/C48H40N2.C24H20Br2.C12H11N.CH3.Na/c1-47(2)43-29-37(49(33-17-9-5-10-18-33)34-19-11-6-12-20-34)25-27-39(43)41-32-46-42(31-45(41)47)40-28-26-38(30-44(40)48(46,3)4)50(35-21-13-7-14-22-35)36-23-15-8-16-24-36;1-23(2)19-9-13(25)5-7-15(19)17-12-22-18(11-21(17)23)16-8-6-14(26)10-20(16)24(22,3)4;1-3-7-11(8-4-1)13-12-9-5-2-6-10-12;;/h5-32H,1-4H3;5-12H,1-4H3;1-10,13H;1H3;/q;;;-1;+1. The predicted molar refractivity (Wildman–Crippen MR) is 390 cm³/mol. The number of halogens is 2. The van der Waals surface area contributed by atoms with Crippen molar-refractivity contribution in [2.45, 2.75) is 77.0 Å². The minimum atomic E-state index is -0.154. The van der Waals surface area contributed by atoms with Crippen LogP contribution >= 0.6 is 31.9 Å². The molecule has 0 saturated carbocycles. The van der Waals surface area contributed by atoms with Crippen LogP contribution in [0.25, 0.3) is 44.5 Å². The molecule has 1 N–H and O–H groups in total. The van der Waals surface area contributed by atoms with Crippen molar-refractivity contribution in [1.29, 1.82) is 0 Å². The molecule has 16 rings (SSSR count). The molecule has 3 nitrogen and oxygen atoms in total. The van der Waals surface area contributed by atoms with Crippen molar-refractivity contribution < 1.29 is 29.6 Å². The van der Waals surface area contributed by atoms with Crippen LogP contribution in [0.4, 0.5) is 45.5 Å². The Bertz CT molecular complexity index is 4260. The summed E-state index contributed by atoms with van der Waals surface area (Å²) in [6.07, 6.45) is 0. The molecule has 6 heteroatoms. The zero-order chi connectivity index (χ0) is 61.4. The fourth-order valence-electron chi connectivity index (χ4n) is 14.5. The molecule has 4 aliphatic carbocycles. The SMILES string of the molecule is CC1(C)c2cc(Br)ccc2-c2cc3c(cc21)-c1ccc(Br)cc1C3(C)C.CC1(C)c2cc(N(c3ccccc3)c3ccccc3)ccc2-c2cc3c(cc21)-c1ccc(N(c2ccccc2)c2ccccc2)cc1C3(C)C.[CH3-].[Na+].c1ccc(Nc2ccccc2)cc1. The van der Waals surface area contributed by atoms with Gasteiger partial charge in [-0.05, 0) is 235 Å². The van der Waals surface area contributed by atoms with Gasteiger partial charge in [-0.1, -0.05) is 221 Å². The molecular weight excluding hydrogens is 1250 g/mol. The van der Waals surface area contributed by atoms with Gasteiger partial charge in [0.15, 0.2) is 0 Å². The maximum atomic E-state index is 3.66. The van der Waals surface area contributed by atoms with Crippen LogP contribution in [0.5, 0.6) is 0 Å². The number of anilines is 8. The third kappa shape index (κ3) is 11.2. The van der Waals surface area contributed by atoms with Gasteiger partial charge in [-0.3, -0.25) is 0 Å². The van der Waals surface area contributed by atoms with E-state index in [1.807, 2.05) is 60.7 Å². The molecule has 0 unspecified atom stereocenters. The van der Waals surface area contributed by atoms with Gasteiger partial charge in [0.1, 0.15) is 0 Å². The fraction of sp³-hybridized carbons (Fsp3) is 0.141. The predicted octanol–water partition coefficient (Wildman–Crippen LogP) is 21.9. The van der Waals surface area contributed by atoms with Crippen molar-refractivity contribution in [3.8, 4) is 44.5 Å². The van der Waals surface area contributed by atoms with Crippen LogP contribution in [0.15, 0.2) is 288 Å². The minimum absolute atomic E-state index is 0. The zero-order valence-electron chi connectivity index (χ0n) is 53.7. The van der Waals surface area contributed by atoms with Gasteiger partial charge in [0.25, 0.3) is 0 Å². The molecule has 12 aromatic carbocycles. The van der Waals surface area contributed by atoms with Crippen LogP contribution in [0.3, 0.4) is 0 Å². The Morgan fingerprint density at radius 3 is 0.725 bits per heavy atom. The number of hydrogen-bond acceptors (Lipinski definition) is 3. The van der Waals surface area contributed by atoms with Crippen molar-refractivity contribution in [1.82, 2.24) is 0 Å². The molecule has 0 bridgehead atoms. The largest absolute Gasteiger partial charge is 1.00 e. The van der Waals surface area contributed by atoms with E-state index in [1.54, 1.807) is 0 Å². The maximum Gasteiger partial charge on any atom is 1.00 e. The second-order valence-electron chi connectivity index (χ2n) is 26.1. The Hall–Kier alpha value is -8.00. The molecule has 0 radical (unpaired) electrons. The van der Waals surface area contributed by atoms with Gasteiger partial charge in [0.2, 0.25) is 0 Å². The summed E-state index contributed by atoms with van der Waals surface area (Å²) in [7, 11) is 0. The van der Waals surface area contributed by atoms with Crippen molar-refractivity contribution in [3.63, 3.8) is 0 Å². The second-order valence-corrected chi connectivity index (χ2v) is 27.9. The Morgan fingerprint density at radius 2 is 0.462 bits per heavy atom. The van der Waals surface area contributed by atoms with Crippen molar-refractivity contribution >= 4 is 77.4 Å². The molecule has 0 saturated heterocycles. The van der Waals surface area contributed by atoms with E-state index in [2.05, 4.69) is 321 Å². The fourth-order valence-corrected chi connectivity index (χ4v) is 15.3. The minimum Gasteiger partial charge on any atom is -0.358 e. The summed E-state index contributed by atoms with van der Waals surface area (Å²) in [5, 5.41) is 3.30. The van der Waals surface area contributed by atoms with Crippen molar-refractivity contribution in [3.05, 3.63) is 340 Å². The summed E-state index contributed by atoms with van der Waals surface area (Å²) >= 11 is 7.31. The first-order chi connectivity index (χ1) is 43.0. The number of nitrogens with zero attached hydrogens (tertiary/aromatic N) is 2. The van der Waals surface area contributed by atoms with Crippen LogP contribution in [-0.4, -0.2) is 0 Å². The van der Waals surface area contributed by atoms with Crippen LogP contribution < -0.4 is 44.7 Å². The van der Waals surface area contributed by atoms with Gasteiger partial charge in [0, 0.05) is 76.1 Å². The average Bonchev–Trinajstić information content (AvgIpc) is 1.56. The molecular formula is C85H74Br2N3Na. The van der Waals surface area contributed by atoms with E-state index in [4.69, 9.17) is 0 Å². The van der Waals surface area contributed by atoms with E-state index in [0.29, 0.717) is 0 Å². The number of rotatable bonds is 8. The van der Waals surface area contributed by atoms with E-state index < -0.39 is 0 Å². The summed E-state index contributed by atoms with van der Waals surface area (Å²) in [6, 6.07) is 101. The van der Waals surface area contributed by atoms with Gasteiger partial charge in [-0.15, -0.1) is 0 Å². The molecule has 91 heavy (non-hydrogen) atoms. The first kappa shape index (κ1) is 63.2. The molecule has 0 amide bonds. The molecule has 0 aliphatic heterocycles. The van der Waals surface area contributed by atoms with E-state index in [-0.39, 0.29) is 58.6 Å². The molecule has 0 spiro atoms. The van der Waals surface area contributed by atoms with Gasteiger partial charge in [0.05, 0.1) is 0 Å². The number of fused-ring (bicyclic) bond motifs is 12. The van der Waals surface area contributed by atoms with Crippen LogP contribution in [0.1, 0.15) is 99.9 Å². The quantitative estimate of drug-likeness (QED) is 0.121. The monoisotopic (exact) mass is 1320 g/mol. The zero-order valence-corrected chi connectivity index (χ0v) is 58.9. The van der Waals surface area contributed by atoms with E-state index >= 15 is 0 Å². The number of hydrogen-bond donors (Lipinski definition) is 1. The summed E-state index contributed by atoms with van der Waals surface area (Å²) in [5.74, 6) is 0. The molecule has 4 aliphatic rings. The second kappa shape index (κ2) is 24.9. The number of benzene rings is 12. The first-order valence-corrected chi connectivity index (χ1v) is 32.5. The van der Waals surface area contributed by atoms with Gasteiger partial charge in [-0.2, -0.15) is 0 Å². The topological polar surface area (TPSA) is 18.5 Å². The van der Waals surface area contributed by atoms with Crippen molar-refractivity contribution in [2.75, 3.05) is 15.1 Å². The normalized spacial score (nSPS) is 14.2. The Balaban J connectivity index is 0.000000161. The molecule has 12 aromatic rings. The molecule has 0 heterocycles. The maximum absolute atomic E-state index is 3.66. The molecule has 0 atom stereocenters. The van der Waals surface area contributed by atoms with Gasteiger partial charge >= 0.3 is 29.6 Å². The third-order valence-corrected chi connectivity index (χ3v) is 20.2. The van der Waals surface area contributed by atoms with Crippen LogP contribution in [-0.2, 0) is 21.7 Å². The smallest absolute Gasteiger partial charge is 0.358 e. The summed E-state index contributed by atoms with van der Waals surface area (Å²) in [4.78, 5) is 4.73. The molecule has 0 aromatic heterocycles. The Morgan fingerprint density at radius 1 is 0.242 bits per heavy atom. The first-order valence-electron chi connectivity index (χ1n) is 30.9. The van der Waals surface area contributed by atoms with Crippen LogP contribution in [0.2, 0.25) is 0 Å². The van der Waals surface area contributed by atoms with E-state index in [9.17, 15) is 0 Å². The van der Waals surface area contributed by atoms with Gasteiger partial charge in [-0.25, -0.2) is 0 Å².